The quantitative estimate of drug-likeness (QED) is 0.855. The molecule has 1 aliphatic heterocycles. The molecule has 0 aromatic carbocycles. The standard InChI is InChI=1S/C18H28N4O/c1-18(12-14-3-4-15(18)11-14)17(23)22-9-7-21(8-10-22)13-16-5-6-19-20(16)2/h5-6,14-15H,3-4,7-13H2,1-2H3. The molecule has 2 heterocycles. The first-order chi connectivity index (χ1) is 11.1. The van der Waals surface area contributed by atoms with Gasteiger partial charge in [-0.2, -0.15) is 5.10 Å². The molecule has 23 heavy (non-hydrogen) atoms. The number of amides is 1. The fourth-order valence-electron chi connectivity index (χ4n) is 5.12. The highest BCUT2D eigenvalue weighted by atomic mass is 16.2. The van der Waals surface area contributed by atoms with Crippen molar-refractivity contribution >= 4 is 5.91 Å². The van der Waals surface area contributed by atoms with Crippen LogP contribution in [0.25, 0.3) is 0 Å². The van der Waals surface area contributed by atoms with Gasteiger partial charge in [-0.25, -0.2) is 0 Å². The molecular formula is C18H28N4O. The topological polar surface area (TPSA) is 41.4 Å². The van der Waals surface area contributed by atoms with E-state index in [2.05, 4.69) is 27.9 Å². The van der Waals surface area contributed by atoms with Crippen LogP contribution in [0, 0.1) is 17.3 Å². The van der Waals surface area contributed by atoms with E-state index in [1.165, 1.54) is 25.0 Å². The monoisotopic (exact) mass is 316 g/mol. The third kappa shape index (κ3) is 2.59. The average molecular weight is 316 g/mol. The van der Waals surface area contributed by atoms with Gasteiger partial charge in [0.25, 0.3) is 0 Å². The van der Waals surface area contributed by atoms with Crippen molar-refractivity contribution in [1.29, 1.82) is 0 Å². The summed E-state index contributed by atoms with van der Waals surface area (Å²) in [6.45, 7) is 6.87. The number of hydrogen-bond acceptors (Lipinski definition) is 3. The molecule has 3 unspecified atom stereocenters. The van der Waals surface area contributed by atoms with Gasteiger partial charge in [0.1, 0.15) is 0 Å². The molecule has 3 fully saturated rings. The van der Waals surface area contributed by atoms with E-state index in [9.17, 15) is 4.79 Å². The van der Waals surface area contributed by atoms with E-state index < -0.39 is 0 Å². The first-order valence-corrected chi connectivity index (χ1v) is 9.05. The highest BCUT2D eigenvalue weighted by Gasteiger charge is 2.53. The van der Waals surface area contributed by atoms with Gasteiger partial charge in [0.05, 0.1) is 5.69 Å². The van der Waals surface area contributed by atoms with Crippen molar-refractivity contribution in [3.05, 3.63) is 18.0 Å². The van der Waals surface area contributed by atoms with E-state index in [0.717, 1.165) is 45.1 Å². The first-order valence-electron chi connectivity index (χ1n) is 9.05. The lowest BCUT2D eigenvalue weighted by Crippen LogP contribution is -2.53. The van der Waals surface area contributed by atoms with Crippen molar-refractivity contribution in [1.82, 2.24) is 19.6 Å². The van der Waals surface area contributed by atoms with Crippen molar-refractivity contribution in [2.75, 3.05) is 26.2 Å². The van der Waals surface area contributed by atoms with E-state index in [1.54, 1.807) is 0 Å². The lowest BCUT2D eigenvalue weighted by molar-refractivity contribution is -0.146. The number of carbonyl (C=O) groups excluding carboxylic acids is 1. The van der Waals surface area contributed by atoms with Crippen LogP contribution >= 0.6 is 0 Å². The highest BCUT2D eigenvalue weighted by molar-refractivity contribution is 5.83. The van der Waals surface area contributed by atoms with Gasteiger partial charge in [-0.15, -0.1) is 0 Å². The fourth-order valence-corrected chi connectivity index (χ4v) is 5.12. The Labute approximate surface area is 138 Å². The van der Waals surface area contributed by atoms with Crippen molar-refractivity contribution in [2.24, 2.45) is 24.3 Å². The Morgan fingerprint density at radius 2 is 2.09 bits per heavy atom. The first kappa shape index (κ1) is 15.2. The third-order valence-electron chi connectivity index (χ3n) is 6.61. The van der Waals surface area contributed by atoms with Crippen LogP contribution in [0.1, 0.15) is 38.3 Å². The van der Waals surface area contributed by atoms with Crippen molar-refractivity contribution in [3.8, 4) is 0 Å². The third-order valence-corrected chi connectivity index (χ3v) is 6.61. The predicted octanol–water partition coefficient (Wildman–Crippen LogP) is 1.89. The van der Waals surface area contributed by atoms with Crippen LogP contribution in [0.2, 0.25) is 0 Å². The minimum Gasteiger partial charge on any atom is -0.340 e. The van der Waals surface area contributed by atoms with Gasteiger partial charge in [-0.1, -0.05) is 13.3 Å². The van der Waals surface area contributed by atoms with Gasteiger partial charge >= 0.3 is 0 Å². The summed E-state index contributed by atoms with van der Waals surface area (Å²) in [6, 6.07) is 2.08. The lowest BCUT2D eigenvalue weighted by atomic mass is 9.73. The number of fused-ring (bicyclic) bond motifs is 2. The van der Waals surface area contributed by atoms with Crippen LogP contribution in [0.4, 0.5) is 0 Å². The Balaban J connectivity index is 1.34. The lowest BCUT2D eigenvalue weighted by Gasteiger charge is -2.41. The van der Waals surface area contributed by atoms with Gasteiger partial charge in [0, 0.05) is 51.4 Å². The normalized spacial score (nSPS) is 34.3. The summed E-state index contributed by atoms with van der Waals surface area (Å²) >= 11 is 0. The molecule has 3 atom stereocenters. The molecule has 1 saturated heterocycles. The maximum atomic E-state index is 13.1. The molecule has 2 aliphatic carbocycles. The second kappa shape index (κ2) is 5.62. The summed E-state index contributed by atoms with van der Waals surface area (Å²) in [5.41, 5.74) is 1.18. The predicted molar refractivity (Wildman–Crippen MR) is 88.6 cm³/mol. The SMILES string of the molecule is Cn1nccc1CN1CCN(C(=O)C2(C)CC3CCC2C3)CC1. The molecule has 5 heteroatoms. The van der Waals surface area contributed by atoms with Gasteiger partial charge in [0.2, 0.25) is 5.91 Å². The average Bonchev–Trinajstić information content (AvgIpc) is 3.25. The Hall–Kier alpha value is -1.36. The van der Waals surface area contributed by atoms with Crippen molar-refractivity contribution in [2.45, 2.75) is 39.2 Å². The zero-order chi connectivity index (χ0) is 16.0. The number of hydrogen-bond donors (Lipinski definition) is 0. The summed E-state index contributed by atoms with van der Waals surface area (Å²) in [7, 11) is 1.99. The second-order valence-corrected chi connectivity index (χ2v) is 8.01. The summed E-state index contributed by atoms with van der Waals surface area (Å²) in [5, 5.41) is 4.23. The number of aryl methyl sites for hydroxylation is 1. The van der Waals surface area contributed by atoms with Crippen LogP contribution < -0.4 is 0 Å². The Morgan fingerprint density at radius 1 is 1.30 bits per heavy atom. The molecule has 2 bridgehead atoms. The van der Waals surface area contributed by atoms with Crippen LogP contribution in [0.15, 0.2) is 12.3 Å². The molecule has 3 aliphatic rings. The highest BCUT2D eigenvalue weighted by Crippen LogP contribution is 2.56. The number of carbonyl (C=O) groups is 1. The number of nitrogens with zero attached hydrogens (tertiary/aromatic N) is 4. The van der Waals surface area contributed by atoms with Crippen molar-refractivity contribution < 1.29 is 4.79 Å². The smallest absolute Gasteiger partial charge is 0.228 e. The Bertz CT molecular complexity index is 590. The molecule has 2 saturated carbocycles. The molecule has 4 rings (SSSR count). The Kier molecular flexibility index (Phi) is 3.71. The zero-order valence-electron chi connectivity index (χ0n) is 14.4. The number of piperazine rings is 1. The van der Waals surface area contributed by atoms with Crippen molar-refractivity contribution in [3.63, 3.8) is 0 Å². The van der Waals surface area contributed by atoms with E-state index >= 15 is 0 Å². The zero-order valence-corrected chi connectivity index (χ0v) is 14.4. The van der Waals surface area contributed by atoms with Gasteiger partial charge in [0.15, 0.2) is 0 Å². The summed E-state index contributed by atoms with van der Waals surface area (Å²) < 4.78 is 1.94. The van der Waals surface area contributed by atoms with Crippen LogP contribution in [-0.4, -0.2) is 51.7 Å². The second-order valence-electron chi connectivity index (χ2n) is 8.01. The van der Waals surface area contributed by atoms with Gasteiger partial charge in [-0.05, 0) is 37.2 Å². The van der Waals surface area contributed by atoms with Crippen LogP contribution in [0.5, 0.6) is 0 Å². The summed E-state index contributed by atoms with van der Waals surface area (Å²) in [6.07, 6.45) is 6.90. The molecular weight excluding hydrogens is 288 g/mol. The van der Waals surface area contributed by atoms with Gasteiger partial charge in [-0.3, -0.25) is 14.4 Å². The maximum Gasteiger partial charge on any atom is 0.228 e. The minimum absolute atomic E-state index is 0.0624. The van der Waals surface area contributed by atoms with E-state index in [0.29, 0.717) is 11.8 Å². The molecule has 1 amide bonds. The van der Waals surface area contributed by atoms with Gasteiger partial charge < -0.3 is 4.90 Å². The molecule has 0 spiro atoms. The maximum absolute atomic E-state index is 13.1. The van der Waals surface area contributed by atoms with E-state index in [1.807, 2.05) is 17.9 Å². The number of rotatable bonds is 3. The molecule has 0 N–H and O–H groups in total. The minimum atomic E-state index is -0.0624. The molecule has 5 nitrogen and oxygen atoms in total. The molecule has 126 valence electrons. The fraction of sp³-hybridized carbons (Fsp3) is 0.778. The number of aromatic nitrogens is 2. The van der Waals surface area contributed by atoms with E-state index in [-0.39, 0.29) is 5.41 Å². The molecule has 1 aromatic rings. The largest absolute Gasteiger partial charge is 0.340 e. The Morgan fingerprint density at radius 3 is 2.65 bits per heavy atom. The summed E-state index contributed by atoms with van der Waals surface area (Å²) in [5.74, 6) is 1.90. The molecule has 1 aromatic heterocycles. The molecule has 0 radical (unpaired) electrons. The van der Waals surface area contributed by atoms with Crippen LogP contribution in [-0.2, 0) is 18.4 Å². The summed E-state index contributed by atoms with van der Waals surface area (Å²) in [4.78, 5) is 17.7. The van der Waals surface area contributed by atoms with Crippen LogP contribution in [0.3, 0.4) is 0 Å². The van der Waals surface area contributed by atoms with E-state index in [4.69, 9.17) is 0 Å².